The molecular formula is C17H27BrO4Si. The number of halogens is 1. The molecule has 0 N–H and O–H groups in total. The van der Waals surface area contributed by atoms with Gasteiger partial charge in [0.2, 0.25) is 0 Å². The fourth-order valence-corrected chi connectivity index (χ4v) is 6.34. The average Bonchev–Trinajstić information content (AvgIpc) is 2.59. The summed E-state index contributed by atoms with van der Waals surface area (Å²) in [4.78, 5) is 24.9. The maximum atomic E-state index is 12.7. The van der Waals surface area contributed by atoms with Gasteiger partial charge in [-0.2, -0.15) is 0 Å². The Bertz CT molecular complexity index is 555. The van der Waals surface area contributed by atoms with E-state index >= 15 is 0 Å². The topological polar surface area (TPSA) is 52.6 Å². The SMILES string of the molecule is CC(C)(C)[Si](C)(C)O[C@@H]1C[C@]2(C)OC(=O)[C@H]3C[C@H](Br)C(=O)[C@@H]2[C@H]31. The highest BCUT2D eigenvalue weighted by Gasteiger charge is 2.67. The molecule has 1 heterocycles. The third-order valence-corrected chi connectivity index (χ3v) is 11.8. The standard InChI is InChI=1S/C17H27BrO4Si/c1-16(2,3)23(5,6)22-11-8-17(4)13-12(11)9(15(20)21-17)7-10(18)14(13)19/h9-13H,7-8H2,1-6H3/t9-,10-,11+,12+,13-,17-/m0/s1. The molecule has 0 aromatic rings. The first kappa shape index (κ1) is 17.6. The van der Waals surface area contributed by atoms with E-state index in [2.05, 4.69) is 49.8 Å². The Morgan fingerprint density at radius 3 is 2.48 bits per heavy atom. The van der Waals surface area contributed by atoms with Gasteiger partial charge in [-0.25, -0.2) is 0 Å². The second-order valence-corrected chi connectivity index (χ2v) is 15.0. The number of alkyl halides is 1. The molecule has 3 rings (SSSR count). The van der Waals surface area contributed by atoms with Gasteiger partial charge >= 0.3 is 5.97 Å². The predicted octanol–water partition coefficient (Wildman–Crippen LogP) is 3.68. The summed E-state index contributed by atoms with van der Waals surface area (Å²) in [7, 11) is -1.96. The number of hydrogen-bond acceptors (Lipinski definition) is 4. The van der Waals surface area contributed by atoms with Crippen LogP contribution in [-0.4, -0.2) is 36.6 Å². The maximum Gasteiger partial charge on any atom is 0.309 e. The van der Waals surface area contributed by atoms with Crippen LogP contribution >= 0.6 is 15.9 Å². The van der Waals surface area contributed by atoms with E-state index in [1.165, 1.54) is 0 Å². The number of esters is 1. The lowest BCUT2D eigenvalue weighted by atomic mass is 9.67. The van der Waals surface area contributed by atoms with Crippen molar-refractivity contribution in [3.05, 3.63) is 0 Å². The van der Waals surface area contributed by atoms with E-state index in [9.17, 15) is 9.59 Å². The molecule has 2 aliphatic carbocycles. The zero-order chi connectivity index (χ0) is 17.4. The Morgan fingerprint density at radius 2 is 1.91 bits per heavy atom. The second-order valence-electron chi connectivity index (χ2n) is 9.12. The summed E-state index contributed by atoms with van der Waals surface area (Å²) in [5, 5.41) is 0.104. The summed E-state index contributed by atoms with van der Waals surface area (Å²) in [6, 6.07) is 0. The van der Waals surface area contributed by atoms with Crippen LogP contribution in [0.15, 0.2) is 0 Å². The van der Waals surface area contributed by atoms with Crippen LogP contribution in [0.1, 0.15) is 40.5 Å². The number of carbonyl (C=O) groups excluding carboxylic acids is 2. The van der Waals surface area contributed by atoms with Crippen molar-refractivity contribution in [2.45, 2.75) is 75.2 Å². The van der Waals surface area contributed by atoms with Crippen molar-refractivity contribution < 1.29 is 18.8 Å². The Hall–Kier alpha value is -0.203. The molecule has 3 aliphatic rings. The van der Waals surface area contributed by atoms with Gasteiger partial charge in [0.25, 0.3) is 0 Å². The molecule has 0 aromatic carbocycles. The molecule has 1 aliphatic heterocycles. The Balaban J connectivity index is 1.95. The molecular weight excluding hydrogens is 376 g/mol. The summed E-state index contributed by atoms with van der Waals surface area (Å²) < 4.78 is 12.4. The van der Waals surface area contributed by atoms with Crippen LogP contribution in [0.25, 0.3) is 0 Å². The molecule has 130 valence electrons. The molecule has 23 heavy (non-hydrogen) atoms. The van der Waals surface area contributed by atoms with Crippen LogP contribution in [0.4, 0.5) is 0 Å². The third-order valence-electron chi connectivity index (χ3n) is 6.51. The van der Waals surface area contributed by atoms with Crippen molar-refractivity contribution in [2.75, 3.05) is 0 Å². The molecule has 0 amide bonds. The first-order chi connectivity index (χ1) is 10.4. The second kappa shape index (κ2) is 5.15. The summed E-state index contributed by atoms with van der Waals surface area (Å²) in [6.07, 6.45) is 1.13. The first-order valence-electron chi connectivity index (χ1n) is 8.46. The fourth-order valence-electron chi connectivity index (χ4n) is 4.30. The van der Waals surface area contributed by atoms with Gasteiger partial charge in [0.05, 0.1) is 22.8 Å². The molecule has 6 atom stereocenters. The maximum absolute atomic E-state index is 12.7. The largest absolute Gasteiger partial charge is 0.458 e. The lowest BCUT2D eigenvalue weighted by Gasteiger charge is -2.46. The quantitative estimate of drug-likeness (QED) is 0.401. The van der Waals surface area contributed by atoms with Crippen molar-refractivity contribution in [3.63, 3.8) is 0 Å². The van der Waals surface area contributed by atoms with Crippen LogP contribution < -0.4 is 0 Å². The van der Waals surface area contributed by atoms with Crippen molar-refractivity contribution in [3.8, 4) is 0 Å². The monoisotopic (exact) mass is 402 g/mol. The van der Waals surface area contributed by atoms with Crippen molar-refractivity contribution >= 4 is 36.0 Å². The highest BCUT2D eigenvalue weighted by molar-refractivity contribution is 9.10. The molecule has 4 nitrogen and oxygen atoms in total. The summed E-state index contributed by atoms with van der Waals surface area (Å²) in [5.41, 5.74) is -0.700. The van der Waals surface area contributed by atoms with Crippen LogP contribution in [0.2, 0.25) is 18.1 Å². The fraction of sp³-hybridized carbons (Fsp3) is 0.882. The smallest absolute Gasteiger partial charge is 0.309 e. The van der Waals surface area contributed by atoms with Gasteiger partial charge in [-0.1, -0.05) is 36.7 Å². The summed E-state index contributed by atoms with van der Waals surface area (Å²) in [6.45, 7) is 13.0. The Labute approximate surface area is 147 Å². The van der Waals surface area contributed by atoms with Crippen LogP contribution in [-0.2, 0) is 18.8 Å². The minimum absolute atomic E-state index is 0.0170. The van der Waals surface area contributed by atoms with E-state index in [1.54, 1.807) is 0 Å². The lowest BCUT2D eigenvalue weighted by molar-refractivity contribution is -0.186. The molecule has 0 spiro atoms. The van der Waals surface area contributed by atoms with Gasteiger partial charge in [-0.05, 0) is 31.5 Å². The number of ether oxygens (including phenoxy) is 1. The Morgan fingerprint density at radius 1 is 1.30 bits per heavy atom. The van der Waals surface area contributed by atoms with Crippen LogP contribution in [0.3, 0.4) is 0 Å². The highest BCUT2D eigenvalue weighted by Crippen LogP contribution is 2.58. The average molecular weight is 403 g/mol. The third kappa shape index (κ3) is 2.56. The van der Waals surface area contributed by atoms with E-state index in [1.807, 2.05) is 6.92 Å². The number of rotatable bonds is 2. The lowest BCUT2D eigenvalue weighted by Crippen LogP contribution is -2.57. The first-order valence-corrected chi connectivity index (χ1v) is 12.3. The number of ketones is 1. The van der Waals surface area contributed by atoms with Gasteiger partial charge < -0.3 is 9.16 Å². The van der Waals surface area contributed by atoms with E-state index < -0.39 is 13.9 Å². The molecule has 0 aromatic heterocycles. The van der Waals surface area contributed by atoms with E-state index in [4.69, 9.17) is 9.16 Å². The molecule has 1 saturated heterocycles. The molecule has 6 heteroatoms. The van der Waals surface area contributed by atoms with Gasteiger partial charge in [-0.15, -0.1) is 0 Å². The van der Waals surface area contributed by atoms with Gasteiger partial charge in [0.15, 0.2) is 14.1 Å². The number of hydrogen-bond donors (Lipinski definition) is 0. The van der Waals surface area contributed by atoms with Gasteiger partial charge in [0.1, 0.15) is 5.60 Å². The zero-order valence-electron chi connectivity index (χ0n) is 14.8. The van der Waals surface area contributed by atoms with Crippen molar-refractivity contribution in [1.29, 1.82) is 0 Å². The minimum Gasteiger partial charge on any atom is -0.458 e. The molecule has 2 saturated carbocycles. The van der Waals surface area contributed by atoms with Crippen LogP contribution in [0, 0.1) is 17.8 Å². The zero-order valence-corrected chi connectivity index (χ0v) is 17.4. The molecule has 3 fully saturated rings. The van der Waals surface area contributed by atoms with E-state index in [-0.39, 0.29) is 45.5 Å². The van der Waals surface area contributed by atoms with Gasteiger partial charge in [0, 0.05) is 12.3 Å². The normalized spacial score (nSPS) is 43.5. The Kier molecular flexibility index (Phi) is 3.94. The van der Waals surface area contributed by atoms with Crippen molar-refractivity contribution in [2.24, 2.45) is 17.8 Å². The van der Waals surface area contributed by atoms with Crippen LogP contribution in [0.5, 0.6) is 0 Å². The minimum atomic E-state index is -1.96. The molecule has 0 radical (unpaired) electrons. The molecule has 0 unspecified atom stereocenters. The number of carbonyl (C=O) groups is 2. The highest BCUT2D eigenvalue weighted by atomic mass is 79.9. The van der Waals surface area contributed by atoms with Crippen molar-refractivity contribution in [1.82, 2.24) is 0 Å². The predicted molar refractivity (Wildman–Crippen MR) is 94.0 cm³/mol. The van der Waals surface area contributed by atoms with E-state index in [0.29, 0.717) is 12.8 Å². The summed E-state index contributed by atoms with van der Waals surface area (Å²) in [5.74, 6) is -0.420. The summed E-state index contributed by atoms with van der Waals surface area (Å²) >= 11 is 3.47. The van der Waals surface area contributed by atoms with E-state index in [0.717, 1.165) is 0 Å². The number of Topliss-reactive ketones (excluding diaryl/α,β-unsaturated/α-hetero) is 1. The van der Waals surface area contributed by atoms with Gasteiger partial charge in [-0.3, -0.25) is 9.59 Å². The molecule has 4 bridgehead atoms.